The van der Waals surface area contributed by atoms with Crippen LogP contribution in [0, 0.1) is 0 Å². The van der Waals surface area contributed by atoms with E-state index < -0.39 is 18.7 Å². The van der Waals surface area contributed by atoms with Gasteiger partial charge in [0.15, 0.2) is 0 Å². The molecule has 7 heteroatoms. The highest BCUT2D eigenvalue weighted by Gasteiger charge is 2.77. The summed E-state index contributed by atoms with van der Waals surface area (Å²) in [5.41, 5.74) is 3.43. The molecule has 0 aromatic heterocycles. The van der Waals surface area contributed by atoms with Gasteiger partial charge in [0.1, 0.15) is 13.3 Å². The van der Waals surface area contributed by atoms with E-state index in [1.54, 1.807) is 36.0 Å². The molecule has 1 saturated heterocycles. The standard InChI is InChI=1S/C29H21NO2S4/c31-36(32,24-19-11-4-12-20-24)26-25(21-13-5-1-6-14-21)30-27(33)34-29(26)28(35-29,22-15-7-2-8-16-22)23-17-9-3-10-18-23/h1-20H,(H,30,33). The molecule has 2 aliphatic rings. The van der Waals surface area contributed by atoms with Crippen molar-refractivity contribution in [1.29, 1.82) is 0 Å². The van der Waals surface area contributed by atoms with Gasteiger partial charge in [0, 0.05) is 0 Å². The van der Waals surface area contributed by atoms with Crippen LogP contribution in [0.4, 0.5) is 0 Å². The van der Waals surface area contributed by atoms with Gasteiger partial charge in [-0.15, -0.1) is 11.8 Å². The third kappa shape index (κ3) is 3.57. The van der Waals surface area contributed by atoms with E-state index in [0.29, 0.717) is 14.9 Å². The fourth-order valence-corrected chi connectivity index (χ4v) is 11.5. The van der Waals surface area contributed by atoms with Gasteiger partial charge in [-0.3, -0.25) is 0 Å². The maximum atomic E-state index is 14.5. The molecule has 0 bridgehead atoms. The molecule has 0 amide bonds. The maximum Gasteiger partial charge on any atom is 0.207 e. The fraction of sp³-hybridized carbons (Fsp3) is 0.0690. The normalized spacial score (nSPS) is 20.7. The second-order valence-corrected chi connectivity index (χ2v) is 14.0. The van der Waals surface area contributed by atoms with Gasteiger partial charge >= 0.3 is 0 Å². The first-order chi connectivity index (χ1) is 17.5. The molecule has 36 heavy (non-hydrogen) atoms. The van der Waals surface area contributed by atoms with Crippen molar-refractivity contribution in [3.63, 3.8) is 0 Å². The molecule has 0 saturated carbocycles. The number of nitrogens with one attached hydrogen (secondary N) is 1. The van der Waals surface area contributed by atoms with Crippen molar-refractivity contribution in [2.75, 3.05) is 0 Å². The molecule has 1 atom stereocenters. The van der Waals surface area contributed by atoms with E-state index in [0.717, 1.165) is 16.7 Å². The van der Waals surface area contributed by atoms with E-state index >= 15 is 0 Å². The van der Waals surface area contributed by atoms with Gasteiger partial charge in [-0.05, 0) is 28.8 Å². The Morgan fingerprint density at radius 1 is 0.667 bits per heavy atom. The number of rotatable bonds is 5. The summed E-state index contributed by atoms with van der Waals surface area (Å²) in [6.07, 6.45) is 0. The molecule has 4 aromatic rings. The maximum absolute atomic E-state index is 14.5. The summed E-state index contributed by atoms with van der Waals surface area (Å²) in [6.45, 7) is 0. The molecular formula is C29H21NO2S4. The Bertz CT molecular complexity index is 1530. The molecule has 2 heterocycles. The lowest BCUT2D eigenvalue weighted by Gasteiger charge is -2.33. The number of thioether (sulfide) groups is 2. The van der Waals surface area contributed by atoms with Gasteiger partial charge in [0.25, 0.3) is 0 Å². The van der Waals surface area contributed by atoms with E-state index in [1.807, 2.05) is 72.8 Å². The monoisotopic (exact) mass is 543 g/mol. The average molecular weight is 544 g/mol. The Kier molecular flexibility index (Phi) is 5.84. The molecule has 1 fully saturated rings. The lowest BCUT2D eigenvalue weighted by molar-refractivity contribution is 0.599. The highest BCUT2D eigenvalue weighted by atomic mass is 32.2. The first-order valence-electron chi connectivity index (χ1n) is 11.4. The summed E-state index contributed by atoms with van der Waals surface area (Å²) in [5, 5.41) is 3.28. The van der Waals surface area contributed by atoms with Crippen molar-refractivity contribution in [2.45, 2.75) is 13.7 Å². The second kappa shape index (κ2) is 8.92. The van der Waals surface area contributed by atoms with Crippen LogP contribution in [0.3, 0.4) is 0 Å². The Hall–Kier alpha value is -2.84. The van der Waals surface area contributed by atoms with E-state index in [2.05, 4.69) is 29.6 Å². The summed E-state index contributed by atoms with van der Waals surface area (Å²) < 4.78 is 28.1. The minimum Gasteiger partial charge on any atom is -0.340 e. The van der Waals surface area contributed by atoms with Crippen molar-refractivity contribution in [3.8, 4) is 0 Å². The molecule has 0 aliphatic carbocycles. The summed E-state index contributed by atoms with van der Waals surface area (Å²) in [7, 11) is -3.90. The highest BCUT2D eigenvalue weighted by Crippen LogP contribution is 2.82. The van der Waals surface area contributed by atoms with Crippen LogP contribution in [0.2, 0.25) is 0 Å². The average Bonchev–Trinajstić information content (AvgIpc) is 3.58. The predicted octanol–water partition coefficient (Wildman–Crippen LogP) is 6.84. The van der Waals surface area contributed by atoms with Crippen LogP contribution >= 0.6 is 35.7 Å². The summed E-state index contributed by atoms with van der Waals surface area (Å²) in [4.78, 5) is 0.620. The number of sulfone groups is 1. The van der Waals surface area contributed by atoms with E-state index in [1.165, 1.54) is 11.8 Å². The van der Waals surface area contributed by atoms with E-state index in [9.17, 15) is 8.42 Å². The number of benzene rings is 4. The Balaban J connectivity index is 1.70. The van der Waals surface area contributed by atoms with Crippen LogP contribution in [-0.4, -0.2) is 16.8 Å². The van der Waals surface area contributed by atoms with Crippen LogP contribution in [0.5, 0.6) is 0 Å². The van der Waals surface area contributed by atoms with Crippen molar-refractivity contribution in [1.82, 2.24) is 5.32 Å². The third-order valence-electron chi connectivity index (χ3n) is 6.45. The smallest absolute Gasteiger partial charge is 0.207 e. The lowest BCUT2D eigenvalue weighted by atomic mass is 9.87. The molecule has 6 rings (SSSR count). The molecule has 1 spiro atoms. The zero-order valence-electron chi connectivity index (χ0n) is 19.0. The minimum atomic E-state index is -3.90. The first kappa shape index (κ1) is 23.6. The SMILES string of the molecule is O=S(=O)(C1=C(c2ccccc2)NC(=S)SC12SC2(c1ccccc1)c1ccccc1)c1ccccc1. The quantitative estimate of drug-likeness (QED) is 0.220. The van der Waals surface area contributed by atoms with Gasteiger partial charge in [-0.2, -0.15) is 0 Å². The molecule has 3 nitrogen and oxygen atoms in total. The third-order valence-corrected chi connectivity index (χ3v) is 12.4. The Labute approximate surface area is 225 Å². The van der Waals surface area contributed by atoms with Crippen molar-refractivity contribution < 1.29 is 8.42 Å². The molecule has 1 N–H and O–H groups in total. The van der Waals surface area contributed by atoms with Crippen LogP contribution in [0.15, 0.2) is 131 Å². The zero-order valence-corrected chi connectivity index (χ0v) is 22.3. The highest BCUT2D eigenvalue weighted by molar-refractivity contribution is 8.36. The molecule has 4 aromatic carbocycles. The van der Waals surface area contributed by atoms with Gasteiger partial charge < -0.3 is 5.32 Å². The summed E-state index contributed by atoms with van der Waals surface area (Å²) in [5.74, 6) is 0. The minimum absolute atomic E-state index is 0.269. The lowest BCUT2D eigenvalue weighted by Crippen LogP contribution is -2.38. The number of thiocarbonyl (C=S) groups is 1. The van der Waals surface area contributed by atoms with E-state index in [-0.39, 0.29) is 4.90 Å². The van der Waals surface area contributed by atoms with Crippen molar-refractivity contribution in [3.05, 3.63) is 143 Å². The van der Waals surface area contributed by atoms with E-state index in [4.69, 9.17) is 12.2 Å². The molecule has 178 valence electrons. The largest absolute Gasteiger partial charge is 0.340 e. The van der Waals surface area contributed by atoms with Gasteiger partial charge in [0.2, 0.25) is 9.84 Å². The summed E-state index contributed by atoms with van der Waals surface area (Å²) in [6, 6.07) is 38.6. The second-order valence-electron chi connectivity index (χ2n) is 8.53. The molecule has 1 unspecified atom stereocenters. The van der Waals surface area contributed by atoms with Crippen molar-refractivity contribution >= 4 is 55.6 Å². The predicted molar refractivity (Wildman–Crippen MR) is 154 cm³/mol. The van der Waals surface area contributed by atoms with Crippen LogP contribution in [0.25, 0.3) is 5.70 Å². The van der Waals surface area contributed by atoms with Crippen LogP contribution in [-0.2, 0) is 14.6 Å². The Morgan fingerprint density at radius 3 is 1.67 bits per heavy atom. The van der Waals surface area contributed by atoms with Gasteiger partial charge in [-0.25, -0.2) is 8.42 Å². The molecule has 0 radical (unpaired) electrons. The number of hydrogen-bond donors (Lipinski definition) is 1. The summed E-state index contributed by atoms with van der Waals surface area (Å²) >= 11 is 8.85. The molecule has 2 aliphatic heterocycles. The van der Waals surface area contributed by atoms with Crippen LogP contribution < -0.4 is 5.32 Å². The van der Waals surface area contributed by atoms with Gasteiger partial charge in [-0.1, -0.05) is 133 Å². The topological polar surface area (TPSA) is 46.2 Å². The van der Waals surface area contributed by atoms with Gasteiger partial charge in [0.05, 0.1) is 15.3 Å². The Morgan fingerprint density at radius 2 is 1.14 bits per heavy atom. The fourth-order valence-electron chi connectivity index (χ4n) is 4.86. The zero-order chi connectivity index (χ0) is 24.8. The molecular weight excluding hydrogens is 523 g/mol. The number of hydrogen-bond acceptors (Lipinski definition) is 5. The first-order valence-corrected chi connectivity index (χ1v) is 14.9. The van der Waals surface area contributed by atoms with Crippen LogP contribution in [0.1, 0.15) is 16.7 Å². The van der Waals surface area contributed by atoms with Crippen molar-refractivity contribution in [2.24, 2.45) is 0 Å².